The molecule has 21 heavy (non-hydrogen) atoms. The number of aliphatic hydroxyl groups is 1. The van der Waals surface area contributed by atoms with Crippen molar-refractivity contribution >= 4 is 10.0 Å². The molecule has 0 aliphatic carbocycles. The Hall–Kier alpha value is -0.950. The summed E-state index contributed by atoms with van der Waals surface area (Å²) in [6.45, 7) is 1.10. The number of nitrogens with zero attached hydrogens (tertiary/aromatic N) is 2. The maximum atomic E-state index is 12.8. The molecule has 0 amide bonds. The highest BCUT2D eigenvalue weighted by Gasteiger charge is 2.38. The summed E-state index contributed by atoms with van der Waals surface area (Å²) in [5.74, 6) is 0. The van der Waals surface area contributed by atoms with Crippen LogP contribution in [0.5, 0.6) is 0 Å². The molecule has 2 unspecified atom stereocenters. The van der Waals surface area contributed by atoms with Gasteiger partial charge in [-0.2, -0.15) is 4.31 Å². The Balaban J connectivity index is 1.84. The summed E-state index contributed by atoms with van der Waals surface area (Å²) in [5.41, 5.74) is 0.726. The highest BCUT2D eigenvalue weighted by molar-refractivity contribution is 7.89. The highest BCUT2D eigenvalue weighted by Crippen LogP contribution is 2.30. The first-order valence-electron chi connectivity index (χ1n) is 7.44. The lowest BCUT2D eigenvalue weighted by molar-refractivity contribution is 0.246. The van der Waals surface area contributed by atoms with Gasteiger partial charge in [-0.05, 0) is 44.0 Å². The summed E-state index contributed by atoms with van der Waals surface area (Å²) < 4.78 is 27.2. The number of sulfonamides is 1. The van der Waals surface area contributed by atoms with Crippen LogP contribution in [0.25, 0.3) is 0 Å². The Bertz CT molecular complexity index is 600. The average molecular weight is 310 g/mol. The number of aliphatic hydroxyl groups excluding tert-OH is 1. The van der Waals surface area contributed by atoms with Gasteiger partial charge in [-0.3, -0.25) is 4.90 Å². The second-order valence-corrected chi connectivity index (χ2v) is 7.94. The molecule has 1 aromatic rings. The van der Waals surface area contributed by atoms with Crippen LogP contribution in [-0.4, -0.2) is 55.0 Å². The van der Waals surface area contributed by atoms with Crippen molar-refractivity contribution in [3.8, 4) is 0 Å². The zero-order chi connectivity index (χ0) is 15.0. The van der Waals surface area contributed by atoms with Crippen molar-refractivity contribution in [3.05, 3.63) is 29.8 Å². The first-order valence-corrected chi connectivity index (χ1v) is 8.88. The fourth-order valence-electron chi connectivity index (χ4n) is 3.41. The predicted octanol–water partition coefficient (Wildman–Crippen LogP) is 1.04. The number of hydrogen-bond donors (Lipinski definition) is 1. The molecule has 0 aromatic heterocycles. The van der Waals surface area contributed by atoms with Gasteiger partial charge in [-0.1, -0.05) is 12.1 Å². The predicted molar refractivity (Wildman–Crippen MR) is 80.3 cm³/mol. The maximum Gasteiger partial charge on any atom is 0.243 e. The monoisotopic (exact) mass is 310 g/mol. The highest BCUT2D eigenvalue weighted by atomic mass is 32.2. The first kappa shape index (κ1) is 15.0. The van der Waals surface area contributed by atoms with Gasteiger partial charge in [0.2, 0.25) is 10.0 Å². The molecule has 5 nitrogen and oxygen atoms in total. The van der Waals surface area contributed by atoms with Crippen molar-refractivity contribution in [2.24, 2.45) is 0 Å². The van der Waals surface area contributed by atoms with Gasteiger partial charge in [0.05, 0.1) is 11.5 Å². The van der Waals surface area contributed by atoms with Crippen LogP contribution < -0.4 is 0 Å². The first-order chi connectivity index (χ1) is 10.0. The average Bonchev–Trinajstić information content (AvgIpc) is 2.71. The lowest BCUT2D eigenvalue weighted by Crippen LogP contribution is -2.39. The Morgan fingerprint density at radius 3 is 2.48 bits per heavy atom. The molecule has 2 atom stereocenters. The Labute approximate surface area is 126 Å². The minimum atomic E-state index is -3.43. The minimum absolute atomic E-state index is 0.0708. The summed E-state index contributed by atoms with van der Waals surface area (Å²) in [6, 6.07) is 7.38. The third kappa shape index (κ3) is 2.73. The van der Waals surface area contributed by atoms with Crippen LogP contribution in [0, 0.1) is 0 Å². The fourth-order valence-corrected chi connectivity index (χ4v) is 4.90. The van der Waals surface area contributed by atoms with E-state index in [2.05, 4.69) is 11.9 Å². The molecule has 1 aromatic carbocycles. The van der Waals surface area contributed by atoms with E-state index >= 15 is 0 Å². The summed E-state index contributed by atoms with van der Waals surface area (Å²) in [6.07, 6.45) is 3.16. The molecule has 2 bridgehead atoms. The normalized spacial score (nSPS) is 27.7. The van der Waals surface area contributed by atoms with Gasteiger partial charge in [-0.25, -0.2) is 8.42 Å². The molecule has 0 saturated carbocycles. The van der Waals surface area contributed by atoms with Gasteiger partial charge >= 0.3 is 0 Å². The van der Waals surface area contributed by atoms with E-state index in [1.54, 1.807) is 28.6 Å². The summed E-state index contributed by atoms with van der Waals surface area (Å²) in [5, 5.41) is 9.05. The van der Waals surface area contributed by atoms with Gasteiger partial charge in [0, 0.05) is 25.2 Å². The Morgan fingerprint density at radius 2 is 1.81 bits per heavy atom. The Morgan fingerprint density at radius 1 is 1.14 bits per heavy atom. The molecular weight excluding hydrogens is 288 g/mol. The molecule has 2 fully saturated rings. The summed E-state index contributed by atoms with van der Waals surface area (Å²) in [4.78, 5) is 2.66. The maximum absolute atomic E-state index is 12.8. The molecule has 6 heteroatoms. The van der Waals surface area contributed by atoms with Crippen LogP contribution in [0.1, 0.15) is 24.8 Å². The molecule has 0 spiro atoms. The van der Waals surface area contributed by atoms with E-state index in [4.69, 9.17) is 5.11 Å². The molecular formula is C15H22N2O3S. The third-order valence-corrected chi connectivity index (χ3v) is 6.73. The summed E-state index contributed by atoms with van der Waals surface area (Å²) in [7, 11) is -1.33. The van der Waals surface area contributed by atoms with E-state index in [1.807, 2.05) is 0 Å². The molecule has 2 aliphatic rings. The van der Waals surface area contributed by atoms with Crippen molar-refractivity contribution in [2.45, 2.75) is 42.8 Å². The number of likely N-dealkylation sites (N-methyl/N-ethyl adjacent to an activating group) is 1. The van der Waals surface area contributed by atoms with E-state index in [0.717, 1.165) is 18.4 Å². The second kappa shape index (κ2) is 5.68. The molecule has 0 radical (unpaired) electrons. The van der Waals surface area contributed by atoms with E-state index < -0.39 is 10.0 Å². The lowest BCUT2D eigenvalue weighted by Gasteiger charge is -2.25. The molecule has 3 rings (SSSR count). The zero-order valence-corrected chi connectivity index (χ0v) is 13.1. The van der Waals surface area contributed by atoms with Crippen LogP contribution in [0.4, 0.5) is 0 Å². The number of hydrogen-bond acceptors (Lipinski definition) is 4. The van der Waals surface area contributed by atoms with E-state index in [-0.39, 0.29) is 6.61 Å². The SMILES string of the molecule is CN1C2CCC1CN(S(=O)(=O)c1ccc(CO)cc1)CC2. The topological polar surface area (TPSA) is 60.9 Å². The largest absolute Gasteiger partial charge is 0.392 e. The molecule has 1 N–H and O–H groups in total. The Kier molecular flexibility index (Phi) is 4.05. The van der Waals surface area contributed by atoms with Gasteiger partial charge in [0.1, 0.15) is 0 Å². The molecule has 116 valence electrons. The minimum Gasteiger partial charge on any atom is -0.392 e. The van der Waals surface area contributed by atoms with Crippen molar-refractivity contribution in [2.75, 3.05) is 20.1 Å². The quantitative estimate of drug-likeness (QED) is 0.906. The zero-order valence-electron chi connectivity index (χ0n) is 12.3. The van der Waals surface area contributed by atoms with Gasteiger partial charge < -0.3 is 5.11 Å². The summed E-state index contributed by atoms with van der Waals surface area (Å²) >= 11 is 0. The van der Waals surface area contributed by atoms with Crippen LogP contribution in [-0.2, 0) is 16.6 Å². The van der Waals surface area contributed by atoms with Crippen LogP contribution in [0.2, 0.25) is 0 Å². The third-order valence-electron chi connectivity index (χ3n) is 4.85. The number of rotatable bonds is 3. The molecule has 2 heterocycles. The van der Waals surface area contributed by atoms with Crippen molar-refractivity contribution in [1.82, 2.24) is 9.21 Å². The van der Waals surface area contributed by atoms with Gasteiger partial charge in [-0.15, -0.1) is 0 Å². The van der Waals surface area contributed by atoms with Gasteiger partial charge in [0.25, 0.3) is 0 Å². The van der Waals surface area contributed by atoms with Crippen molar-refractivity contribution in [3.63, 3.8) is 0 Å². The number of benzene rings is 1. The molecule has 2 saturated heterocycles. The van der Waals surface area contributed by atoms with Crippen LogP contribution in [0.3, 0.4) is 0 Å². The van der Waals surface area contributed by atoms with Crippen molar-refractivity contribution < 1.29 is 13.5 Å². The number of fused-ring (bicyclic) bond motifs is 2. The van der Waals surface area contributed by atoms with E-state index in [9.17, 15) is 8.42 Å². The van der Waals surface area contributed by atoms with Crippen LogP contribution >= 0.6 is 0 Å². The van der Waals surface area contributed by atoms with Crippen LogP contribution in [0.15, 0.2) is 29.2 Å². The molecule has 2 aliphatic heterocycles. The lowest BCUT2D eigenvalue weighted by atomic mass is 10.1. The van der Waals surface area contributed by atoms with Crippen molar-refractivity contribution in [1.29, 1.82) is 0 Å². The van der Waals surface area contributed by atoms with E-state index in [1.165, 1.54) is 6.42 Å². The fraction of sp³-hybridized carbons (Fsp3) is 0.600. The van der Waals surface area contributed by atoms with E-state index in [0.29, 0.717) is 30.1 Å². The standard InChI is InChI=1S/C15H22N2O3S/c1-16-13-4-5-14(16)10-17(9-8-13)21(19,20)15-6-2-12(11-18)3-7-15/h2-3,6-7,13-14,18H,4-5,8-11H2,1H3. The smallest absolute Gasteiger partial charge is 0.243 e. The van der Waals surface area contributed by atoms with Gasteiger partial charge in [0.15, 0.2) is 0 Å². The second-order valence-electron chi connectivity index (χ2n) is 6.00.